The summed E-state index contributed by atoms with van der Waals surface area (Å²) >= 11 is 8.89. The standard InChI is InChI=1S/C10H6BrClN2O/c11-10-13-5-9(6-14-10)15-8-3-1-7(12)2-4-8/h1-6H. The zero-order valence-corrected chi connectivity index (χ0v) is 9.86. The highest BCUT2D eigenvalue weighted by atomic mass is 79.9. The van der Waals surface area contributed by atoms with E-state index in [1.807, 2.05) is 0 Å². The zero-order chi connectivity index (χ0) is 10.7. The molecule has 0 unspecified atom stereocenters. The third kappa shape index (κ3) is 2.91. The highest BCUT2D eigenvalue weighted by molar-refractivity contribution is 9.10. The smallest absolute Gasteiger partial charge is 0.196 e. The summed E-state index contributed by atoms with van der Waals surface area (Å²) in [6.45, 7) is 0. The van der Waals surface area contributed by atoms with Crippen LogP contribution >= 0.6 is 27.5 Å². The lowest BCUT2D eigenvalue weighted by molar-refractivity contribution is 0.477. The van der Waals surface area contributed by atoms with Gasteiger partial charge in [0, 0.05) is 5.02 Å². The monoisotopic (exact) mass is 284 g/mol. The molecule has 0 N–H and O–H groups in total. The average Bonchev–Trinajstić information content (AvgIpc) is 2.25. The molecule has 0 aliphatic carbocycles. The molecule has 0 aliphatic rings. The molecular formula is C10H6BrClN2O. The van der Waals surface area contributed by atoms with E-state index in [4.69, 9.17) is 16.3 Å². The second-order valence-corrected chi connectivity index (χ2v) is 3.89. The summed E-state index contributed by atoms with van der Waals surface area (Å²) in [6, 6.07) is 7.09. The average molecular weight is 286 g/mol. The highest BCUT2D eigenvalue weighted by Gasteiger charge is 1.98. The highest BCUT2D eigenvalue weighted by Crippen LogP contribution is 2.21. The van der Waals surface area contributed by atoms with E-state index < -0.39 is 0 Å². The van der Waals surface area contributed by atoms with Crippen LogP contribution in [-0.2, 0) is 0 Å². The van der Waals surface area contributed by atoms with Gasteiger partial charge in [-0.25, -0.2) is 9.97 Å². The Morgan fingerprint density at radius 3 is 2.20 bits per heavy atom. The van der Waals surface area contributed by atoms with Crippen molar-refractivity contribution in [2.24, 2.45) is 0 Å². The van der Waals surface area contributed by atoms with Gasteiger partial charge in [-0.15, -0.1) is 0 Å². The number of nitrogens with zero attached hydrogens (tertiary/aromatic N) is 2. The van der Waals surface area contributed by atoms with Crippen molar-refractivity contribution in [3.05, 3.63) is 46.4 Å². The molecule has 0 atom stereocenters. The normalized spacial score (nSPS) is 10.0. The van der Waals surface area contributed by atoms with Crippen molar-refractivity contribution in [3.8, 4) is 11.5 Å². The first-order valence-electron chi connectivity index (χ1n) is 4.15. The third-order valence-electron chi connectivity index (χ3n) is 1.65. The summed E-state index contributed by atoms with van der Waals surface area (Å²) in [5, 5.41) is 0.675. The number of ether oxygens (including phenoxy) is 1. The summed E-state index contributed by atoms with van der Waals surface area (Å²) in [4.78, 5) is 7.89. The van der Waals surface area contributed by atoms with Crippen molar-refractivity contribution in [2.75, 3.05) is 0 Å². The molecule has 1 aromatic heterocycles. The Morgan fingerprint density at radius 1 is 1.00 bits per heavy atom. The molecule has 15 heavy (non-hydrogen) atoms. The first kappa shape index (κ1) is 10.4. The molecule has 0 radical (unpaired) electrons. The van der Waals surface area contributed by atoms with Gasteiger partial charge in [0.1, 0.15) is 5.75 Å². The molecule has 76 valence electrons. The summed E-state index contributed by atoms with van der Waals surface area (Å²) < 4.78 is 6.02. The van der Waals surface area contributed by atoms with Gasteiger partial charge < -0.3 is 4.74 Å². The second-order valence-electron chi connectivity index (χ2n) is 2.74. The Labute approximate surface area is 100 Å². The van der Waals surface area contributed by atoms with E-state index >= 15 is 0 Å². The fraction of sp³-hybridized carbons (Fsp3) is 0. The van der Waals surface area contributed by atoms with Crippen molar-refractivity contribution in [1.82, 2.24) is 9.97 Å². The molecule has 1 aromatic carbocycles. The molecule has 0 fully saturated rings. The molecular weight excluding hydrogens is 279 g/mol. The largest absolute Gasteiger partial charge is 0.454 e. The van der Waals surface area contributed by atoms with Crippen LogP contribution in [0.4, 0.5) is 0 Å². The molecule has 3 nitrogen and oxygen atoms in total. The van der Waals surface area contributed by atoms with E-state index in [0.717, 1.165) is 0 Å². The summed E-state index contributed by atoms with van der Waals surface area (Å²) in [5.41, 5.74) is 0. The summed E-state index contributed by atoms with van der Waals surface area (Å²) in [6.07, 6.45) is 3.18. The van der Waals surface area contributed by atoms with E-state index in [-0.39, 0.29) is 0 Å². The van der Waals surface area contributed by atoms with Crippen molar-refractivity contribution < 1.29 is 4.74 Å². The minimum absolute atomic E-state index is 0.533. The van der Waals surface area contributed by atoms with Crippen LogP contribution in [0.25, 0.3) is 0 Å². The first-order chi connectivity index (χ1) is 7.24. The summed E-state index contributed by atoms with van der Waals surface area (Å²) in [5.74, 6) is 1.28. The lowest BCUT2D eigenvalue weighted by Crippen LogP contribution is -1.87. The minimum atomic E-state index is 0.533. The Morgan fingerprint density at radius 2 is 1.60 bits per heavy atom. The van der Waals surface area contributed by atoms with Gasteiger partial charge in [-0.3, -0.25) is 0 Å². The van der Waals surface area contributed by atoms with Gasteiger partial charge in [-0.2, -0.15) is 0 Å². The Bertz CT molecular complexity index is 400. The van der Waals surface area contributed by atoms with Crippen LogP contribution in [0.2, 0.25) is 5.02 Å². The van der Waals surface area contributed by atoms with Crippen LogP contribution in [0.5, 0.6) is 11.5 Å². The molecule has 0 amide bonds. The van der Waals surface area contributed by atoms with Crippen LogP contribution < -0.4 is 4.74 Å². The quantitative estimate of drug-likeness (QED) is 0.789. The predicted octanol–water partition coefficient (Wildman–Crippen LogP) is 3.68. The van der Waals surface area contributed by atoms with Crippen LogP contribution in [-0.4, -0.2) is 9.97 Å². The molecule has 0 saturated heterocycles. The maximum absolute atomic E-state index is 5.75. The van der Waals surface area contributed by atoms with Crippen molar-refractivity contribution in [1.29, 1.82) is 0 Å². The molecule has 0 saturated carbocycles. The van der Waals surface area contributed by atoms with Crippen LogP contribution in [0.15, 0.2) is 41.4 Å². The van der Waals surface area contributed by atoms with Gasteiger partial charge in [0.05, 0.1) is 12.4 Å². The molecule has 2 rings (SSSR count). The number of halogens is 2. The van der Waals surface area contributed by atoms with E-state index in [2.05, 4.69) is 25.9 Å². The van der Waals surface area contributed by atoms with Gasteiger partial charge >= 0.3 is 0 Å². The predicted molar refractivity (Wildman–Crippen MR) is 61.3 cm³/mol. The van der Waals surface area contributed by atoms with Gasteiger partial charge in [-0.1, -0.05) is 11.6 Å². The van der Waals surface area contributed by atoms with Gasteiger partial charge in [-0.05, 0) is 40.2 Å². The molecule has 5 heteroatoms. The minimum Gasteiger partial charge on any atom is -0.454 e. The number of benzene rings is 1. The van der Waals surface area contributed by atoms with Crippen molar-refractivity contribution in [3.63, 3.8) is 0 Å². The van der Waals surface area contributed by atoms with Crippen LogP contribution in [0.1, 0.15) is 0 Å². The van der Waals surface area contributed by atoms with E-state index in [1.54, 1.807) is 36.7 Å². The second kappa shape index (κ2) is 4.59. The fourth-order valence-corrected chi connectivity index (χ4v) is 1.32. The Kier molecular flexibility index (Phi) is 3.18. The number of aromatic nitrogens is 2. The maximum Gasteiger partial charge on any atom is 0.196 e. The molecule has 2 aromatic rings. The maximum atomic E-state index is 5.75. The summed E-state index contributed by atoms with van der Waals surface area (Å²) in [7, 11) is 0. The van der Waals surface area contributed by atoms with Gasteiger partial charge in [0.2, 0.25) is 0 Å². The van der Waals surface area contributed by atoms with Crippen molar-refractivity contribution >= 4 is 27.5 Å². The van der Waals surface area contributed by atoms with E-state index in [9.17, 15) is 0 Å². The Balaban J connectivity index is 2.15. The van der Waals surface area contributed by atoms with Gasteiger partial charge in [0.15, 0.2) is 10.5 Å². The third-order valence-corrected chi connectivity index (χ3v) is 2.31. The van der Waals surface area contributed by atoms with Crippen LogP contribution in [0.3, 0.4) is 0 Å². The fourth-order valence-electron chi connectivity index (χ4n) is 0.992. The lowest BCUT2D eigenvalue weighted by Gasteiger charge is -2.04. The lowest BCUT2D eigenvalue weighted by atomic mass is 10.3. The SMILES string of the molecule is Clc1ccc(Oc2cnc(Br)nc2)cc1. The van der Waals surface area contributed by atoms with E-state index in [0.29, 0.717) is 21.3 Å². The molecule has 0 spiro atoms. The molecule has 0 bridgehead atoms. The Hall–Kier alpha value is -1.13. The topological polar surface area (TPSA) is 35.0 Å². The molecule has 0 aliphatic heterocycles. The number of hydrogen-bond donors (Lipinski definition) is 0. The van der Waals surface area contributed by atoms with Crippen molar-refractivity contribution in [2.45, 2.75) is 0 Å². The van der Waals surface area contributed by atoms with E-state index in [1.165, 1.54) is 0 Å². The van der Waals surface area contributed by atoms with Gasteiger partial charge in [0.25, 0.3) is 0 Å². The first-order valence-corrected chi connectivity index (χ1v) is 5.32. The molecule has 1 heterocycles. The number of hydrogen-bond acceptors (Lipinski definition) is 3. The number of rotatable bonds is 2. The van der Waals surface area contributed by atoms with Crippen LogP contribution in [0, 0.1) is 0 Å². The zero-order valence-electron chi connectivity index (χ0n) is 7.52.